The van der Waals surface area contributed by atoms with Crippen LogP contribution in [0.4, 0.5) is 5.69 Å². The van der Waals surface area contributed by atoms with E-state index in [9.17, 15) is 0 Å². The molecule has 1 saturated carbocycles. The summed E-state index contributed by atoms with van der Waals surface area (Å²) >= 11 is 12.9. The van der Waals surface area contributed by atoms with E-state index in [0.29, 0.717) is 18.0 Å². The highest BCUT2D eigenvalue weighted by Gasteiger charge is 2.38. The lowest BCUT2D eigenvalue weighted by atomic mass is 9.96. The van der Waals surface area contributed by atoms with Crippen molar-refractivity contribution >= 4 is 28.9 Å². The smallest absolute Gasteiger partial charge is 0.0643 e. The summed E-state index contributed by atoms with van der Waals surface area (Å²) < 4.78 is 0. The third-order valence-corrected chi connectivity index (χ3v) is 5.59. The molecule has 1 N–H and O–H groups in total. The van der Waals surface area contributed by atoms with Crippen molar-refractivity contribution in [2.75, 3.05) is 18.0 Å². The first-order valence-corrected chi connectivity index (χ1v) is 8.68. The van der Waals surface area contributed by atoms with Crippen molar-refractivity contribution in [2.24, 2.45) is 11.8 Å². The summed E-state index contributed by atoms with van der Waals surface area (Å²) in [6.45, 7) is 8.62. The number of nitrogens with zero attached hydrogens (tertiary/aromatic N) is 1. The van der Waals surface area contributed by atoms with Crippen LogP contribution in [0, 0.1) is 18.8 Å². The maximum absolute atomic E-state index is 6.53. The summed E-state index contributed by atoms with van der Waals surface area (Å²) in [5.74, 6) is 1.43. The van der Waals surface area contributed by atoms with Crippen molar-refractivity contribution in [3.8, 4) is 0 Å². The molecule has 0 aromatic heterocycles. The molecule has 1 saturated heterocycles. The molecule has 0 bridgehead atoms. The molecule has 0 spiro atoms. The van der Waals surface area contributed by atoms with E-state index < -0.39 is 0 Å². The van der Waals surface area contributed by atoms with Gasteiger partial charge in [-0.05, 0) is 49.3 Å². The SMILES string of the molecule is Cc1cc(Cl)c(N2CC(C3CC3)NCC2C(C)C)cc1Cl. The fourth-order valence-corrected chi connectivity index (χ4v) is 3.82. The van der Waals surface area contributed by atoms with Crippen LogP contribution in [0.3, 0.4) is 0 Å². The first-order valence-electron chi connectivity index (χ1n) is 7.93. The number of piperazine rings is 1. The van der Waals surface area contributed by atoms with Crippen LogP contribution in [0.1, 0.15) is 32.3 Å². The first-order chi connectivity index (χ1) is 9.97. The zero-order valence-corrected chi connectivity index (χ0v) is 14.5. The molecule has 116 valence electrons. The summed E-state index contributed by atoms with van der Waals surface area (Å²) in [7, 11) is 0. The highest BCUT2D eigenvalue weighted by Crippen LogP contribution is 2.39. The summed E-state index contributed by atoms with van der Waals surface area (Å²) in [4.78, 5) is 2.48. The predicted molar refractivity (Wildman–Crippen MR) is 91.7 cm³/mol. The quantitative estimate of drug-likeness (QED) is 0.878. The van der Waals surface area contributed by atoms with Crippen LogP contribution < -0.4 is 10.2 Å². The number of rotatable bonds is 3. The third-order valence-electron chi connectivity index (χ3n) is 4.88. The Morgan fingerprint density at radius 2 is 1.90 bits per heavy atom. The first kappa shape index (κ1) is 15.5. The minimum atomic E-state index is 0.469. The van der Waals surface area contributed by atoms with Crippen molar-refractivity contribution in [2.45, 2.75) is 45.7 Å². The number of hydrogen-bond acceptors (Lipinski definition) is 2. The fraction of sp³-hybridized carbons (Fsp3) is 0.647. The molecule has 2 nitrogen and oxygen atoms in total. The Labute approximate surface area is 137 Å². The lowest BCUT2D eigenvalue weighted by molar-refractivity contribution is 0.320. The van der Waals surface area contributed by atoms with E-state index in [2.05, 4.69) is 24.1 Å². The van der Waals surface area contributed by atoms with Gasteiger partial charge in [0.1, 0.15) is 0 Å². The second kappa shape index (κ2) is 5.98. The molecule has 1 aliphatic carbocycles. The van der Waals surface area contributed by atoms with Crippen molar-refractivity contribution in [3.63, 3.8) is 0 Å². The summed E-state index contributed by atoms with van der Waals surface area (Å²) in [6, 6.07) is 5.10. The highest BCUT2D eigenvalue weighted by molar-refractivity contribution is 6.35. The van der Waals surface area contributed by atoms with E-state index in [1.165, 1.54) is 12.8 Å². The zero-order chi connectivity index (χ0) is 15.1. The molecule has 0 amide bonds. The Morgan fingerprint density at radius 1 is 1.19 bits per heavy atom. The van der Waals surface area contributed by atoms with Gasteiger partial charge in [-0.25, -0.2) is 0 Å². The van der Waals surface area contributed by atoms with Gasteiger partial charge in [0.15, 0.2) is 0 Å². The number of hydrogen-bond donors (Lipinski definition) is 1. The van der Waals surface area contributed by atoms with Gasteiger partial charge < -0.3 is 10.2 Å². The molecule has 1 heterocycles. The third kappa shape index (κ3) is 3.18. The molecule has 3 rings (SSSR count). The average Bonchev–Trinajstić information content (AvgIpc) is 3.26. The predicted octanol–water partition coefficient (Wildman–Crippen LogP) is 4.51. The molecule has 2 atom stereocenters. The van der Waals surface area contributed by atoms with Gasteiger partial charge in [-0.2, -0.15) is 0 Å². The molecule has 4 heteroatoms. The van der Waals surface area contributed by atoms with Crippen molar-refractivity contribution < 1.29 is 0 Å². The molecule has 0 radical (unpaired) electrons. The lowest BCUT2D eigenvalue weighted by Crippen LogP contribution is -2.59. The zero-order valence-electron chi connectivity index (χ0n) is 13.0. The molecule has 2 aliphatic rings. The normalized spacial score (nSPS) is 26.5. The van der Waals surface area contributed by atoms with E-state index in [-0.39, 0.29) is 0 Å². The molecular formula is C17H24Cl2N2. The lowest BCUT2D eigenvalue weighted by Gasteiger charge is -2.44. The molecule has 21 heavy (non-hydrogen) atoms. The summed E-state index contributed by atoms with van der Waals surface area (Å²) in [5, 5.41) is 5.36. The second-order valence-corrected chi connectivity index (χ2v) is 7.68. The van der Waals surface area contributed by atoms with Crippen LogP contribution in [0.5, 0.6) is 0 Å². The van der Waals surface area contributed by atoms with Crippen LogP contribution in [0.15, 0.2) is 12.1 Å². The van der Waals surface area contributed by atoms with E-state index in [1.807, 2.05) is 19.1 Å². The number of benzene rings is 1. The number of nitrogens with one attached hydrogen (secondary N) is 1. The Bertz CT molecular complexity index is 526. The van der Waals surface area contributed by atoms with Crippen LogP contribution in [-0.2, 0) is 0 Å². The molecule has 2 fully saturated rings. The number of aryl methyl sites for hydroxylation is 1. The molecule has 1 aromatic rings. The average molecular weight is 327 g/mol. The van der Waals surface area contributed by atoms with Crippen LogP contribution in [-0.4, -0.2) is 25.2 Å². The molecule has 2 unspecified atom stereocenters. The molecular weight excluding hydrogens is 303 g/mol. The van der Waals surface area contributed by atoms with E-state index >= 15 is 0 Å². The van der Waals surface area contributed by atoms with Gasteiger partial charge in [0.25, 0.3) is 0 Å². The van der Waals surface area contributed by atoms with Gasteiger partial charge >= 0.3 is 0 Å². The van der Waals surface area contributed by atoms with Crippen molar-refractivity contribution in [3.05, 3.63) is 27.7 Å². The van der Waals surface area contributed by atoms with Gasteiger partial charge in [-0.15, -0.1) is 0 Å². The number of halogens is 2. The van der Waals surface area contributed by atoms with Gasteiger partial charge in [0.2, 0.25) is 0 Å². The maximum Gasteiger partial charge on any atom is 0.0643 e. The largest absolute Gasteiger partial charge is 0.364 e. The van der Waals surface area contributed by atoms with Crippen LogP contribution >= 0.6 is 23.2 Å². The minimum Gasteiger partial charge on any atom is -0.364 e. The van der Waals surface area contributed by atoms with E-state index in [1.54, 1.807) is 0 Å². The molecule has 1 aliphatic heterocycles. The monoisotopic (exact) mass is 326 g/mol. The number of anilines is 1. The van der Waals surface area contributed by atoms with Crippen LogP contribution in [0.2, 0.25) is 10.0 Å². The summed E-state index contributed by atoms with van der Waals surface area (Å²) in [6.07, 6.45) is 2.72. The second-order valence-electron chi connectivity index (χ2n) is 6.87. The van der Waals surface area contributed by atoms with Gasteiger partial charge in [-0.1, -0.05) is 37.0 Å². The Balaban J connectivity index is 1.92. The Morgan fingerprint density at radius 3 is 2.52 bits per heavy atom. The standard InChI is InChI=1S/C17H24Cl2N2/c1-10(2)17-8-20-15(12-4-5-12)9-21(17)16-7-13(18)11(3)6-14(16)19/h6-7,10,12,15,17,20H,4-5,8-9H2,1-3H3. The fourth-order valence-electron chi connectivity index (χ4n) is 3.34. The van der Waals surface area contributed by atoms with Crippen molar-refractivity contribution in [1.29, 1.82) is 0 Å². The maximum atomic E-state index is 6.53. The Hall–Kier alpha value is -0.440. The van der Waals surface area contributed by atoms with Gasteiger partial charge in [0, 0.05) is 30.2 Å². The van der Waals surface area contributed by atoms with Gasteiger partial charge in [0.05, 0.1) is 10.7 Å². The van der Waals surface area contributed by atoms with Crippen molar-refractivity contribution in [1.82, 2.24) is 5.32 Å². The topological polar surface area (TPSA) is 15.3 Å². The van der Waals surface area contributed by atoms with E-state index in [4.69, 9.17) is 23.2 Å². The van der Waals surface area contributed by atoms with Gasteiger partial charge in [-0.3, -0.25) is 0 Å². The Kier molecular flexibility index (Phi) is 4.40. The summed E-state index contributed by atoms with van der Waals surface area (Å²) in [5.41, 5.74) is 2.14. The minimum absolute atomic E-state index is 0.469. The molecule has 1 aromatic carbocycles. The highest BCUT2D eigenvalue weighted by atomic mass is 35.5. The van der Waals surface area contributed by atoms with E-state index in [0.717, 1.165) is 40.3 Å². The van der Waals surface area contributed by atoms with Crippen LogP contribution in [0.25, 0.3) is 0 Å².